The lowest BCUT2D eigenvalue weighted by Crippen LogP contribution is -2.28. The van der Waals surface area contributed by atoms with Crippen molar-refractivity contribution in [2.75, 3.05) is 19.7 Å². The predicted molar refractivity (Wildman–Crippen MR) is 66.6 cm³/mol. The molecule has 18 heavy (non-hydrogen) atoms. The van der Waals surface area contributed by atoms with Crippen molar-refractivity contribution in [3.63, 3.8) is 0 Å². The Kier molecular flexibility index (Phi) is 4.46. The van der Waals surface area contributed by atoms with Gasteiger partial charge in [0.25, 0.3) is 5.69 Å². The Balaban J connectivity index is 1.74. The summed E-state index contributed by atoms with van der Waals surface area (Å²) in [6.07, 6.45) is 4.62. The number of rotatable bonds is 5. The van der Waals surface area contributed by atoms with Crippen molar-refractivity contribution >= 4 is 5.69 Å². The largest absolute Gasteiger partial charge is 0.478 e. The smallest absolute Gasteiger partial charge is 0.287 e. The highest BCUT2D eigenvalue weighted by atomic mass is 16.6. The first kappa shape index (κ1) is 12.8. The van der Waals surface area contributed by atoms with Crippen molar-refractivity contribution in [1.29, 1.82) is 0 Å². The topological polar surface area (TPSA) is 77.3 Å². The van der Waals surface area contributed by atoms with Gasteiger partial charge in [-0.1, -0.05) is 0 Å². The van der Waals surface area contributed by atoms with Gasteiger partial charge in [0, 0.05) is 12.1 Å². The highest BCUT2D eigenvalue weighted by Gasteiger charge is 2.13. The summed E-state index contributed by atoms with van der Waals surface area (Å²) in [5.41, 5.74) is -0.0132. The number of hydrogen-bond donors (Lipinski definition) is 1. The molecule has 1 aromatic heterocycles. The van der Waals surface area contributed by atoms with Crippen LogP contribution in [0.5, 0.6) is 5.88 Å². The fourth-order valence-electron chi connectivity index (χ4n) is 2.07. The van der Waals surface area contributed by atoms with Gasteiger partial charge in [-0.3, -0.25) is 10.1 Å². The average molecular weight is 251 g/mol. The number of aromatic nitrogens is 1. The number of ether oxygens (including phenoxy) is 1. The highest BCUT2D eigenvalue weighted by Crippen LogP contribution is 2.17. The third kappa shape index (κ3) is 3.66. The Morgan fingerprint density at radius 2 is 2.22 bits per heavy atom. The molecule has 1 fully saturated rings. The molecule has 98 valence electrons. The molecule has 1 saturated heterocycles. The molecule has 0 saturated carbocycles. The van der Waals surface area contributed by atoms with Crippen LogP contribution in [0.1, 0.15) is 19.3 Å². The van der Waals surface area contributed by atoms with Crippen LogP contribution in [0.15, 0.2) is 18.3 Å². The third-order valence-electron chi connectivity index (χ3n) is 3.17. The molecule has 2 rings (SSSR count). The molecule has 0 spiro atoms. The standard InChI is InChI=1S/C12H17N3O3/c16-15(17)11-1-2-12(14-9-11)18-8-5-10-3-6-13-7-4-10/h1-2,9-10,13H,3-8H2. The van der Waals surface area contributed by atoms with E-state index in [9.17, 15) is 10.1 Å². The number of hydrogen-bond acceptors (Lipinski definition) is 5. The van der Waals surface area contributed by atoms with E-state index in [-0.39, 0.29) is 5.69 Å². The SMILES string of the molecule is O=[N+]([O-])c1ccc(OCCC2CCNCC2)nc1. The summed E-state index contributed by atoms with van der Waals surface area (Å²) in [6.45, 7) is 2.79. The molecule has 6 nitrogen and oxygen atoms in total. The highest BCUT2D eigenvalue weighted by molar-refractivity contribution is 5.28. The minimum Gasteiger partial charge on any atom is -0.478 e. The van der Waals surface area contributed by atoms with Crippen LogP contribution in [0, 0.1) is 16.0 Å². The van der Waals surface area contributed by atoms with Gasteiger partial charge in [0.15, 0.2) is 0 Å². The Morgan fingerprint density at radius 1 is 1.44 bits per heavy atom. The van der Waals surface area contributed by atoms with Crippen LogP contribution < -0.4 is 10.1 Å². The second kappa shape index (κ2) is 6.30. The Bertz CT molecular complexity index is 388. The summed E-state index contributed by atoms with van der Waals surface area (Å²) in [5, 5.41) is 13.8. The molecule has 1 aromatic rings. The van der Waals surface area contributed by atoms with Gasteiger partial charge in [-0.05, 0) is 38.3 Å². The summed E-state index contributed by atoms with van der Waals surface area (Å²) in [5.74, 6) is 1.17. The van der Waals surface area contributed by atoms with Crippen molar-refractivity contribution in [2.24, 2.45) is 5.92 Å². The normalized spacial score (nSPS) is 16.4. The molecule has 0 atom stereocenters. The lowest BCUT2D eigenvalue weighted by atomic mass is 9.95. The second-order valence-corrected chi connectivity index (χ2v) is 4.44. The Morgan fingerprint density at radius 3 is 2.83 bits per heavy atom. The zero-order valence-electron chi connectivity index (χ0n) is 10.2. The van der Waals surface area contributed by atoms with Crippen molar-refractivity contribution in [3.05, 3.63) is 28.4 Å². The molecule has 1 aliphatic heterocycles. The number of nitrogens with one attached hydrogen (secondary N) is 1. The molecular weight excluding hydrogens is 234 g/mol. The van der Waals surface area contributed by atoms with Gasteiger partial charge in [0.2, 0.25) is 5.88 Å². The van der Waals surface area contributed by atoms with E-state index >= 15 is 0 Å². The monoisotopic (exact) mass is 251 g/mol. The van der Waals surface area contributed by atoms with Crippen LogP contribution in [-0.4, -0.2) is 29.6 Å². The van der Waals surface area contributed by atoms with Gasteiger partial charge < -0.3 is 10.1 Å². The Hall–Kier alpha value is -1.69. The molecule has 0 radical (unpaired) electrons. The van der Waals surface area contributed by atoms with Crippen molar-refractivity contribution in [3.8, 4) is 5.88 Å². The lowest BCUT2D eigenvalue weighted by Gasteiger charge is -2.22. The van der Waals surface area contributed by atoms with Gasteiger partial charge in [0.1, 0.15) is 6.20 Å². The van der Waals surface area contributed by atoms with Crippen molar-refractivity contribution < 1.29 is 9.66 Å². The van der Waals surface area contributed by atoms with Crippen LogP contribution in [0.25, 0.3) is 0 Å². The number of nitrogens with zero attached hydrogens (tertiary/aromatic N) is 2. The summed E-state index contributed by atoms with van der Waals surface area (Å²) in [6, 6.07) is 2.95. The second-order valence-electron chi connectivity index (χ2n) is 4.44. The van der Waals surface area contributed by atoms with Crippen LogP contribution >= 0.6 is 0 Å². The van der Waals surface area contributed by atoms with E-state index in [0.717, 1.165) is 19.5 Å². The van der Waals surface area contributed by atoms with E-state index in [1.807, 2.05) is 0 Å². The van der Waals surface area contributed by atoms with Gasteiger partial charge in [-0.2, -0.15) is 0 Å². The minimum absolute atomic E-state index is 0.0132. The maximum Gasteiger partial charge on any atom is 0.287 e. The van der Waals surface area contributed by atoms with E-state index in [1.165, 1.54) is 25.1 Å². The quantitative estimate of drug-likeness (QED) is 0.637. The number of pyridine rings is 1. The van der Waals surface area contributed by atoms with Crippen molar-refractivity contribution in [2.45, 2.75) is 19.3 Å². The summed E-state index contributed by atoms with van der Waals surface area (Å²) >= 11 is 0. The lowest BCUT2D eigenvalue weighted by molar-refractivity contribution is -0.385. The minimum atomic E-state index is -0.466. The Labute approximate surface area is 106 Å². The third-order valence-corrected chi connectivity index (χ3v) is 3.17. The fourth-order valence-corrected chi connectivity index (χ4v) is 2.07. The zero-order chi connectivity index (χ0) is 12.8. The van der Waals surface area contributed by atoms with Gasteiger partial charge in [-0.25, -0.2) is 4.98 Å². The summed E-state index contributed by atoms with van der Waals surface area (Å²) in [7, 11) is 0. The maximum absolute atomic E-state index is 10.5. The van der Waals surface area contributed by atoms with Gasteiger partial charge in [0.05, 0.1) is 11.5 Å². The van der Waals surface area contributed by atoms with Gasteiger partial charge in [-0.15, -0.1) is 0 Å². The molecule has 0 bridgehead atoms. The van der Waals surface area contributed by atoms with E-state index in [1.54, 1.807) is 6.07 Å². The van der Waals surface area contributed by atoms with Gasteiger partial charge >= 0.3 is 0 Å². The van der Waals surface area contributed by atoms with E-state index in [4.69, 9.17) is 4.74 Å². The fraction of sp³-hybridized carbons (Fsp3) is 0.583. The van der Waals surface area contributed by atoms with Crippen molar-refractivity contribution in [1.82, 2.24) is 10.3 Å². The van der Waals surface area contributed by atoms with E-state index in [2.05, 4.69) is 10.3 Å². The molecule has 0 aromatic carbocycles. The molecule has 0 amide bonds. The first-order valence-electron chi connectivity index (χ1n) is 6.19. The average Bonchev–Trinajstić information content (AvgIpc) is 2.40. The molecule has 6 heteroatoms. The van der Waals surface area contributed by atoms with E-state index in [0.29, 0.717) is 18.4 Å². The molecule has 2 heterocycles. The maximum atomic E-state index is 10.5. The molecule has 0 aliphatic carbocycles. The zero-order valence-corrected chi connectivity index (χ0v) is 10.2. The number of nitro groups is 1. The molecular formula is C12H17N3O3. The molecule has 1 aliphatic rings. The first-order chi connectivity index (χ1) is 8.75. The van der Waals surface area contributed by atoms with E-state index < -0.39 is 4.92 Å². The predicted octanol–water partition coefficient (Wildman–Crippen LogP) is 1.76. The van der Waals surface area contributed by atoms with Crippen LogP contribution in [0.2, 0.25) is 0 Å². The van der Waals surface area contributed by atoms with Crippen LogP contribution in [0.3, 0.4) is 0 Å². The first-order valence-corrected chi connectivity index (χ1v) is 6.19. The van der Waals surface area contributed by atoms with Crippen LogP contribution in [0.4, 0.5) is 5.69 Å². The number of piperidine rings is 1. The summed E-state index contributed by atoms with van der Waals surface area (Å²) < 4.78 is 5.49. The molecule has 1 N–H and O–H groups in total. The molecule has 0 unspecified atom stereocenters. The van der Waals surface area contributed by atoms with Crippen LogP contribution in [-0.2, 0) is 0 Å². The summed E-state index contributed by atoms with van der Waals surface area (Å²) in [4.78, 5) is 13.9.